The van der Waals surface area contributed by atoms with E-state index in [0.29, 0.717) is 6.42 Å². The fourth-order valence-electron chi connectivity index (χ4n) is 3.93. The predicted molar refractivity (Wildman–Crippen MR) is 138 cm³/mol. The van der Waals surface area contributed by atoms with Crippen molar-refractivity contribution in [2.24, 2.45) is 0 Å². The monoisotopic (exact) mass is 479 g/mol. The summed E-state index contributed by atoms with van der Waals surface area (Å²) in [5, 5.41) is 11.2. The second kappa shape index (κ2) is 16.5. The van der Waals surface area contributed by atoms with Crippen LogP contribution < -0.4 is 0 Å². The molecule has 32 heavy (non-hydrogen) atoms. The van der Waals surface area contributed by atoms with Crippen molar-refractivity contribution in [1.29, 1.82) is 0 Å². The van der Waals surface area contributed by atoms with Crippen molar-refractivity contribution in [2.45, 2.75) is 113 Å². The Morgan fingerprint density at radius 3 is 2.38 bits per heavy atom. The molecule has 0 fully saturated rings. The van der Waals surface area contributed by atoms with Crippen molar-refractivity contribution in [3.05, 3.63) is 24.3 Å². The summed E-state index contributed by atoms with van der Waals surface area (Å²) in [6.45, 7) is 2.24. The van der Waals surface area contributed by atoms with Gasteiger partial charge in [-0.2, -0.15) is 0 Å². The van der Waals surface area contributed by atoms with Crippen molar-refractivity contribution >= 4 is 39.3 Å². The molecule has 180 valence electrons. The number of aromatic nitrogens is 1. The highest BCUT2D eigenvalue weighted by Crippen LogP contribution is 2.36. The summed E-state index contributed by atoms with van der Waals surface area (Å²) >= 11 is 3.50. The standard InChI is InChI=1S/C26H41NO3S2/c1-3-4-5-6-8-11-17-22(28)24(19-12-9-7-10-13-20-25(29)30-2)32-26-27-21-16-14-15-18-23(21)31-26/h14-16,18,22,24,28H,3-13,17,19-20H2,1-2H3. The van der Waals surface area contributed by atoms with Crippen LogP contribution in [0.1, 0.15) is 96.8 Å². The van der Waals surface area contributed by atoms with E-state index >= 15 is 0 Å². The number of hydrogen-bond donors (Lipinski definition) is 1. The second-order valence-corrected chi connectivity index (χ2v) is 11.1. The molecule has 0 spiro atoms. The lowest BCUT2D eigenvalue weighted by Crippen LogP contribution is -2.23. The number of carbonyl (C=O) groups excluding carboxylic acids is 1. The molecule has 2 rings (SSSR count). The van der Waals surface area contributed by atoms with Gasteiger partial charge in [-0.3, -0.25) is 4.79 Å². The van der Waals surface area contributed by atoms with Crippen molar-refractivity contribution in [1.82, 2.24) is 4.98 Å². The lowest BCUT2D eigenvalue weighted by atomic mass is 10.0. The Kier molecular flexibility index (Phi) is 14.0. The maximum absolute atomic E-state index is 11.2. The van der Waals surface area contributed by atoms with Gasteiger partial charge < -0.3 is 9.84 Å². The number of methoxy groups -OCH3 is 1. The van der Waals surface area contributed by atoms with Crippen LogP contribution in [0.5, 0.6) is 0 Å². The molecule has 1 aromatic heterocycles. The topological polar surface area (TPSA) is 59.4 Å². The van der Waals surface area contributed by atoms with E-state index < -0.39 is 0 Å². The lowest BCUT2D eigenvalue weighted by molar-refractivity contribution is -0.140. The van der Waals surface area contributed by atoms with Gasteiger partial charge in [0.1, 0.15) is 0 Å². The van der Waals surface area contributed by atoms with Crippen molar-refractivity contribution in [3.63, 3.8) is 0 Å². The molecule has 0 saturated heterocycles. The van der Waals surface area contributed by atoms with Gasteiger partial charge in [-0.15, -0.1) is 11.3 Å². The molecule has 0 aliphatic carbocycles. The Morgan fingerprint density at radius 2 is 1.66 bits per heavy atom. The number of benzene rings is 1. The fourth-order valence-corrected chi connectivity index (χ4v) is 6.45. The number of unbranched alkanes of at least 4 members (excludes halogenated alkanes) is 9. The maximum Gasteiger partial charge on any atom is 0.305 e. The molecular weight excluding hydrogens is 438 g/mol. The highest BCUT2D eigenvalue weighted by atomic mass is 32.2. The maximum atomic E-state index is 11.2. The summed E-state index contributed by atoms with van der Waals surface area (Å²) in [6.07, 6.45) is 15.0. The fraction of sp³-hybridized carbons (Fsp3) is 0.692. The van der Waals surface area contributed by atoms with E-state index in [-0.39, 0.29) is 17.3 Å². The van der Waals surface area contributed by atoms with Crippen LogP contribution in [-0.2, 0) is 9.53 Å². The highest BCUT2D eigenvalue weighted by Gasteiger charge is 2.21. The van der Waals surface area contributed by atoms with Crippen molar-refractivity contribution in [3.8, 4) is 0 Å². The first-order valence-corrected chi connectivity index (χ1v) is 14.1. The summed E-state index contributed by atoms with van der Waals surface area (Å²) in [5.74, 6) is -0.116. The predicted octanol–water partition coefficient (Wildman–Crippen LogP) is 7.77. The number of esters is 1. The summed E-state index contributed by atoms with van der Waals surface area (Å²) in [5.41, 5.74) is 1.05. The number of fused-ring (bicyclic) bond motifs is 1. The van der Waals surface area contributed by atoms with Crippen molar-refractivity contribution < 1.29 is 14.6 Å². The number of thioether (sulfide) groups is 1. The van der Waals surface area contributed by atoms with Gasteiger partial charge in [-0.1, -0.05) is 95.0 Å². The number of hydrogen-bond acceptors (Lipinski definition) is 6. The largest absolute Gasteiger partial charge is 0.469 e. The average Bonchev–Trinajstić information content (AvgIpc) is 3.22. The van der Waals surface area contributed by atoms with Gasteiger partial charge in [0.2, 0.25) is 0 Å². The molecule has 4 nitrogen and oxygen atoms in total. The number of aliphatic hydroxyl groups is 1. The summed E-state index contributed by atoms with van der Waals surface area (Å²) in [4.78, 5) is 16.0. The Balaban J connectivity index is 1.79. The molecule has 0 radical (unpaired) electrons. The quantitative estimate of drug-likeness (QED) is 0.134. The summed E-state index contributed by atoms with van der Waals surface area (Å²) < 4.78 is 6.98. The minimum Gasteiger partial charge on any atom is -0.469 e. The number of carbonyl (C=O) groups is 1. The SMILES string of the molecule is CCCCCCCCC(O)C(CCCCCCCC(=O)OC)Sc1nc2ccccc2s1. The molecule has 0 saturated carbocycles. The van der Waals surface area contributed by atoms with E-state index in [1.807, 2.05) is 6.07 Å². The molecule has 2 unspecified atom stereocenters. The number of thiazole rings is 1. The molecule has 0 bridgehead atoms. The van der Waals surface area contributed by atoms with Gasteiger partial charge in [0, 0.05) is 11.7 Å². The Labute approximate surface area is 202 Å². The van der Waals surface area contributed by atoms with Crippen LogP contribution in [0.4, 0.5) is 0 Å². The lowest BCUT2D eigenvalue weighted by Gasteiger charge is -2.21. The first kappa shape index (κ1) is 27.1. The minimum absolute atomic E-state index is 0.116. The molecule has 2 aromatic rings. The molecule has 1 aromatic carbocycles. The average molecular weight is 480 g/mol. The van der Waals surface area contributed by atoms with Gasteiger partial charge in [-0.05, 0) is 31.4 Å². The Bertz CT molecular complexity index is 731. The van der Waals surface area contributed by atoms with Gasteiger partial charge in [-0.25, -0.2) is 4.98 Å². The molecule has 0 amide bonds. The van der Waals surface area contributed by atoms with Gasteiger partial charge in [0.25, 0.3) is 0 Å². The zero-order valence-corrected chi connectivity index (χ0v) is 21.5. The zero-order chi connectivity index (χ0) is 23.0. The van der Waals surface area contributed by atoms with Gasteiger partial charge in [0.15, 0.2) is 4.34 Å². The zero-order valence-electron chi connectivity index (χ0n) is 19.9. The van der Waals surface area contributed by atoms with E-state index in [2.05, 4.69) is 25.1 Å². The van der Waals surface area contributed by atoms with E-state index in [1.54, 1.807) is 23.1 Å². The third-order valence-corrected chi connectivity index (χ3v) is 8.42. The van der Waals surface area contributed by atoms with Gasteiger partial charge in [0.05, 0.1) is 23.4 Å². The summed E-state index contributed by atoms with van der Waals surface area (Å²) in [6, 6.07) is 8.26. The van der Waals surface area contributed by atoms with E-state index in [1.165, 1.54) is 43.9 Å². The normalized spacial score (nSPS) is 13.3. The first-order valence-electron chi connectivity index (χ1n) is 12.4. The van der Waals surface area contributed by atoms with Crippen LogP contribution in [0.3, 0.4) is 0 Å². The number of nitrogens with zero attached hydrogens (tertiary/aromatic N) is 1. The molecule has 1 N–H and O–H groups in total. The second-order valence-electron chi connectivity index (χ2n) is 8.61. The van der Waals surface area contributed by atoms with E-state index in [0.717, 1.165) is 61.2 Å². The Hall–Kier alpha value is -1.11. The first-order chi connectivity index (χ1) is 15.6. The molecule has 6 heteroatoms. The van der Waals surface area contributed by atoms with Crippen LogP contribution in [-0.4, -0.2) is 34.5 Å². The number of ether oxygens (including phenoxy) is 1. The number of rotatable bonds is 18. The van der Waals surface area contributed by atoms with Crippen LogP contribution in [0.2, 0.25) is 0 Å². The molecule has 0 aliphatic heterocycles. The van der Waals surface area contributed by atoms with Crippen molar-refractivity contribution in [2.75, 3.05) is 7.11 Å². The van der Waals surface area contributed by atoms with Gasteiger partial charge >= 0.3 is 5.97 Å². The molecule has 1 heterocycles. The number of para-hydroxylation sites is 1. The minimum atomic E-state index is -0.280. The van der Waals surface area contributed by atoms with Crippen LogP contribution >= 0.6 is 23.1 Å². The van der Waals surface area contributed by atoms with E-state index in [4.69, 9.17) is 9.72 Å². The van der Waals surface area contributed by atoms with Crippen LogP contribution in [0, 0.1) is 0 Å². The molecule has 2 atom stereocenters. The van der Waals surface area contributed by atoms with Crippen LogP contribution in [0.25, 0.3) is 10.2 Å². The van der Waals surface area contributed by atoms with E-state index in [9.17, 15) is 9.90 Å². The summed E-state index contributed by atoms with van der Waals surface area (Å²) in [7, 11) is 1.45. The number of aliphatic hydroxyl groups excluding tert-OH is 1. The third kappa shape index (κ3) is 10.7. The highest BCUT2D eigenvalue weighted by molar-refractivity contribution is 8.01. The smallest absolute Gasteiger partial charge is 0.305 e. The molecular formula is C26H41NO3S2. The molecule has 0 aliphatic rings. The third-order valence-electron chi connectivity index (χ3n) is 5.91. The Morgan fingerprint density at radius 1 is 1.00 bits per heavy atom. The van der Waals surface area contributed by atoms with Crippen LogP contribution in [0.15, 0.2) is 28.6 Å².